The van der Waals surface area contributed by atoms with Gasteiger partial charge in [0.25, 0.3) is 11.4 Å². The molecule has 0 fully saturated rings. The van der Waals surface area contributed by atoms with E-state index in [1.165, 1.54) is 12.1 Å². The number of ether oxygens (including phenoxy) is 1. The molecule has 0 radical (unpaired) electrons. The third-order valence-corrected chi connectivity index (χ3v) is 5.15. The number of hydrogen-bond acceptors (Lipinski definition) is 6. The SMILES string of the molecule is COc1ccc2[nH]cc(C3=CCN(c4ccc([N+](=O)[O-])cc4[N+](=O)[O-])CC3)c2c1. The van der Waals surface area contributed by atoms with Gasteiger partial charge in [0.05, 0.1) is 23.0 Å². The first kappa shape index (κ1) is 18.5. The average molecular weight is 394 g/mol. The first-order chi connectivity index (χ1) is 14.0. The van der Waals surface area contributed by atoms with E-state index >= 15 is 0 Å². The number of nitro benzene ring substituents is 2. The molecule has 3 aromatic rings. The Morgan fingerprint density at radius 3 is 2.59 bits per heavy atom. The van der Waals surface area contributed by atoms with Crippen molar-refractivity contribution in [2.24, 2.45) is 0 Å². The fourth-order valence-electron chi connectivity index (χ4n) is 3.66. The van der Waals surface area contributed by atoms with Gasteiger partial charge >= 0.3 is 0 Å². The highest BCUT2D eigenvalue weighted by Gasteiger charge is 2.25. The van der Waals surface area contributed by atoms with Gasteiger partial charge in [0.2, 0.25) is 0 Å². The number of nitrogens with zero attached hydrogens (tertiary/aromatic N) is 3. The molecule has 0 spiro atoms. The van der Waals surface area contributed by atoms with Crippen molar-refractivity contribution >= 4 is 33.5 Å². The largest absolute Gasteiger partial charge is 0.497 e. The minimum Gasteiger partial charge on any atom is -0.497 e. The molecule has 1 aliphatic heterocycles. The van der Waals surface area contributed by atoms with Crippen LogP contribution in [0, 0.1) is 20.2 Å². The first-order valence-corrected chi connectivity index (χ1v) is 9.00. The molecule has 1 aliphatic rings. The number of aromatic amines is 1. The zero-order valence-corrected chi connectivity index (χ0v) is 15.6. The Kier molecular flexibility index (Phi) is 4.63. The van der Waals surface area contributed by atoms with Crippen molar-refractivity contribution in [3.05, 3.63) is 74.5 Å². The highest BCUT2D eigenvalue weighted by Crippen LogP contribution is 2.36. The number of anilines is 1. The van der Waals surface area contributed by atoms with E-state index in [1.807, 2.05) is 35.4 Å². The van der Waals surface area contributed by atoms with Crippen LogP contribution in [0.2, 0.25) is 0 Å². The van der Waals surface area contributed by atoms with E-state index in [2.05, 4.69) is 4.98 Å². The Bertz CT molecular complexity index is 1150. The summed E-state index contributed by atoms with van der Waals surface area (Å²) in [4.78, 5) is 26.3. The normalized spacial score (nSPS) is 14.0. The Hall–Kier alpha value is -3.88. The van der Waals surface area contributed by atoms with Crippen LogP contribution in [0.4, 0.5) is 17.1 Å². The van der Waals surface area contributed by atoms with Gasteiger partial charge in [-0.15, -0.1) is 0 Å². The fraction of sp³-hybridized carbons (Fsp3) is 0.200. The molecule has 0 saturated carbocycles. The average Bonchev–Trinajstić information content (AvgIpc) is 3.16. The Balaban J connectivity index is 1.64. The topological polar surface area (TPSA) is 115 Å². The van der Waals surface area contributed by atoms with Crippen LogP contribution in [-0.4, -0.2) is 35.0 Å². The molecule has 9 heteroatoms. The molecule has 9 nitrogen and oxygen atoms in total. The monoisotopic (exact) mass is 394 g/mol. The zero-order valence-electron chi connectivity index (χ0n) is 15.6. The standard InChI is InChI=1S/C20H18N4O5/c1-29-15-3-4-18-16(11-15)17(12-21-18)13-6-8-22(9-7-13)19-5-2-14(23(25)26)10-20(19)24(27)28/h2-6,10-12,21H,7-9H2,1H3. The second kappa shape index (κ2) is 7.27. The summed E-state index contributed by atoms with van der Waals surface area (Å²) in [6.07, 6.45) is 4.69. The summed E-state index contributed by atoms with van der Waals surface area (Å²) in [5.41, 5.74) is 3.07. The highest BCUT2D eigenvalue weighted by molar-refractivity contribution is 5.94. The Labute approximate surface area is 165 Å². The molecule has 2 heterocycles. The van der Waals surface area contributed by atoms with Crippen LogP contribution in [0.1, 0.15) is 12.0 Å². The van der Waals surface area contributed by atoms with Crippen LogP contribution in [0.5, 0.6) is 5.75 Å². The third-order valence-electron chi connectivity index (χ3n) is 5.15. The number of fused-ring (bicyclic) bond motifs is 1. The number of rotatable bonds is 5. The lowest BCUT2D eigenvalue weighted by atomic mass is 9.98. The van der Waals surface area contributed by atoms with E-state index < -0.39 is 9.85 Å². The molecule has 0 saturated heterocycles. The van der Waals surface area contributed by atoms with Crippen LogP contribution in [0.15, 0.2) is 48.7 Å². The van der Waals surface area contributed by atoms with Crippen LogP contribution in [0.3, 0.4) is 0 Å². The van der Waals surface area contributed by atoms with Crippen LogP contribution >= 0.6 is 0 Å². The van der Waals surface area contributed by atoms with Crippen molar-refractivity contribution < 1.29 is 14.6 Å². The summed E-state index contributed by atoms with van der Waals surface area (Å²) >= 11 is 0. The predicted octanol–water partition coefficient (Wildman–Crippen LogP) is 4.29. The van der Waals surface area contributed by atoms with Gasteiger partial charge in [0, 0.05) is 41.8 Å². The van der Waals surface area contributed by atoms with Crippen LogP contribution < -0.4 is 9.64 Å². The van der Waals surface area contributed by atoms with Gasteiger partial charge in [0.15, 0.2) is 0 Å². The van der Waals surface area contributed by atoms with E-state index in [0.29, 0.717) is 25.2 Å². The van der Waals surface area contributed by atoms with Crippen molar-refractivity contribution in [3.63, 3.8) is 0 Å². The van der Waals surface area contributed by atoms with E-state index in [-0.39, 0.29) is 11.4 Å². The van der Waals surface area contributed by atoms with Crippen molar-refractivity contribution in [3.8, 4) is 5.75 Å². The number of methoxy groups -OCH3 is 1. The minimum absolute atomic E-state index is 0.257. The summed E-state index contributed by atoms with van der Waals surface area (Å²) in [7, 11) is 1.63. The van der Waals surface area contributed by atoms with Crippen molar-refractivity contribution in [1.29, 1.82) is 0 Å². The molecular formula is C20H18N4O5. The number of hydrogen-bond donors (Lipinski definition) is 1. The van der Waals surface area contributed by atoms with E-state index in [0.717, 1.165) is 33.9 Å². The summed E-state index contributed by atoms with van der Waals surface area (Å²) in [6, 6.07) is 9.61. The lowest BCUT2D eigenvalue weighted by Crippen LogP contribution is -2.28. The molecular weight excluding hydrogens is 376 g/mol. The number of non-ortho nitro benzene ring substituents is 1. The van der Waals surface area contributed by atoms with Gasteiger partial charge in [-0.3, -0.25) is 20.2 Å². The van der Waals surface area contributed by atoms with Crippen molar-refractivity contribution in [1.82, 2.24) is 4.98 Å². The van der Waals surface area contributed by atoms with Crippen LogP contribution in [0.25, 0.3) is 16.5 Å². The molecule has 0 atom stereocenters. The van der Waals surface area contributed by atoms with Gasteiger partial charge in [-0.05, 0) is 36.3 Å². The summed E-state index contributed by atoms with van der Waals surface area (Å²) < 4.78 is 5.32. The van der Waals surface area contributed by atoms with Gasteiger partial charge in [0.1, 0.15) is 11.4 Å². The minimum atomic E-state index is -0.629. The quantitative estimate of drug-likeness (QED) is 0.510. The van der Waals surface area contributed by atoms with Gasteiger partial charge in [-0.1, -0.05) is 6.08 Å². The van der Waals surface area contributed by atoms with E-state index in [4.69, 9.17) is 4.74 Å². The smallest absolute Gasteiger partial charge is 0.299 e. The highest BCUT2D eigenvalue weighted by atomic mass is 16.6. The third kappa shape index (κ3) is 3.38. The number of H-pyrrole nitrogens is 1. The maximum atomic E-state index is 11.4. The maximum Gasteiger partial charge on any atom is 0.299 e. The summed E-state index contributed by atoms with van der Waals surface area (Å²) in [5, 5.41) is 23.4. The molecule has 2 aromatic carbocycles. The lowest BCUT2D eigenvalue weighted by Gasteiger charge is -2.28. The Morgan fingerprint density at radius 2 is 1.93 bits per heavy atom. The maximum absolute atomic E-state index is 11.4. The molecule has 4 rings (SSSR count). The number of nitrogens with one attached hydrogen (secondary N) is 1. The van der Waals surface area contributed by atoms with Crippen molar-refractivity contribution in [2.75, 3.05) is 25.1 Å². The molecule has 0 unspecified atom stereocenters. The molecule has 0 bridgehead atoms. The molecule has 1 N–H and O–H groups in total. The molecule has 1 aromatic heterocycles. The molecule has 29 heavy (non-hydrogen) atoms. The fourth-order valence-corrected chi connectivity index (χ4v) is 3.66. The van der Waals surface area contributed by atoms with E-state index in [1.54, 1.807) is 7.11 Å². The summed E-state index contributed by atoms with van der Waals surface area (Å²) in [6.45, 7) is 1.05. The first-order valence-electron chi connectivity index (χ1n) is 9.00. The lowest BCUT2D eigenvalue weighted by molar-refractivity contribution is -0.393. The van der Waals surface area contributed by atoms with Gasteiger partial charge in [-0.2, -0.15) is 0 Å². The number of aromatic nitrogens is 1. The zero-order chi connectivity index (χ0) is 20.5. The van der Waals surface area contributed by atoms with Gasteiger partial charge in [-0.25, -0.2) is 0 Å². The van der Waals surface area contributed by atoms with E-state index in [9.17, 15) is 20.2 Å². The van der Waals surface area contributed by atoms with Crippen LogP contribution in [-0.2, 0) is 0 Å². The molecule has 0 amide bonds. The van der Waals surface area contributed by atoms with Gasteiger partial charge < -0.3 is 14.6 Å². The second-order valence-electron chi connectivity index (χ2n) is 6.73. The second-order valence-corrected chi connectivity index (χ2v) is 6.73. The predicted molar refractivity (Wildman–Crippen MR) is 109 cm³/mol. The molecule has 0 aliphatic carbocycles. The molecule has 148 valence electrons. The number of benzene rings is 2. The summed E-state index contributed by atoms with van der Waals surface area (Å²) in [5.74, 6) is 0.776. The Morgan fingerprint density at radius 1 is 1.10 bits per heavy atom. The number of nitro groups is 2. The van der Waals surface area contributed by atoms with Crippen molar-refractivity contribution in [2.45, 2.75) is 6.42 Å².